The average Bonchev–Trinajstić information content (AvgIpc) is 3.89. The number of phenolic OH excluding ortho intramolecular Hbond substituents is 1. The van der Waals surface area contributed by atoms with E-state index in [0.29, 0.717) is 0 Å². The number of aromatic nitrogens is 3. The maximum absolute atomic E-state index is 11.2. The molecule has 6 heteroatoms. The van der Waals surface area contributed by atoms with E-state index < -0.39 is 0 Å². The van der Waals surface area contributed by atoms with Gasteiger partial charge in [-0.1, -0.05) is 160 Å². The van der Waals surface area contributed by atoms with E-state index in [1.807, 2.05) is 12.1 Å². The zero-order valence-corrected chi connectivity index (χ0v) is 41.1. The van der Waals surface area contributed by atoms with Gasteiger partial charge in [0.2, 0.25) is 0 Å². The summed E-state index contributed by atoms with van der Waals surface area (Å²) in [7, 11) is 0. The third-order valence-electron chi connectivity index (χ3n) is 13.7. The van der Waals surface area contributed by atoms with Crippen molar-refractivity contribution in [1.82, 2.24) is 14.5 Å². The van der Waals surface area contributed by atoms with Gasteiger partial charge in [0, 0.05) is 32.0 Å². The minimum atomic E-state index is 0. The molecule has 3 heterocycles. The average molecular weight is 1060 g/mol. The van der Waals surface area contributed by atoms with Gasteiger partial charge in [-0.25, -0.2) is 9.97 Å². The monoisotopic (exact) mass is 1060 g/mol. The van der Waals surface area contributed by atoms with E-state index in [1.54, 1.807) is 6.07 Å². The smallest absolute Gasteiger partial charge is 0.163 e. The quantitative estimate of drug-likeness (QED) is 0.169. The maximum atomic E-state index is 11.2. The Morgan fingerprint density at radius 3 is 1.88 bits per heavy atom. The topological polar surface area (TPSA) is 64.1 Å². The van der Waals surface area contributed by atoms with E-state index >= 15 is 0 Å². The zero-order valence-electron chi connectivity index (χ0n) is 38.9. The van der Waals surface area contributed by atoms with Crippen LogP contribution in [0, 0.1) is 47.6 Å². The Kier molecular flexibility index (Phi) is 10.7. The molecule has 12 rings (SSSR count). The summed E-state index contributed by atoms with van der Waals surface area (Å²) in [5.74, 6) is 0.986. The Bertz CT molecular complexity index is 3720. The Hall–Kier alpha value is -7.33. The Morgan fingerprint density at radius 2 is 1.18 bits per heavy atom. The van der Waals surface area contributed by atoms with Crippen molar-refractivity contribution in [1.29, 1.82) is 0 Å². The first kappa shape index (κ1) is 43.3. The van der Waals surface area contributed by atoms with E-state index in [4.69, 9.17) is 14.4 Å². The molecular formula is C62H48N3O2Pt-. The number of aryl methyl sites for hydroxylation is 8. The van der Waals surface area contributed by atoms with Gasteiger partial charge in [-0.15, -0.1) is 17.7 Å². The first-order valence-electron chi connectivity index (χ1n) is 23.2. The third-order valence-corrected chi connectivity index (χ3v) is 13.7. The van der Waals surface area contributed by atoms with Crippen molar-refractivity contribution in [2.75, 3.05) is 0 Å². The van der Waals surface area contributed by atoms with Crippen LogP contribution < -0.4 is 0 Å². The number of nitrogens with zero attached hydrogens (tertiary/aromatic N) is 3. The molecule has 0 aliphatic heterocycles. The molecule has 1 aliphatic carbocycles. The van der Waals surface area contributed by atoms with E-state index in [0.717, 1.165) is 141 Å². The molecule has 5 nitrogen and oxygen atoms in total. The first-order chi connectivity index (χ1) is 32.6. The summed E-state index contributed by atoms with van der Waals surface area (Å²) < 4.78 is 9.24. The van der Waals surface area contributed by atoms with Gasteiger partial charge in [0.15, 0.2) is 5.82 Å². The molecule has 0 bridgehead atoms. The number of imidazole rings is 1. The van der Waals surface area contributed by atoms with Crippen molar-refractivity contribution in [2.45, 2.75) is 54.4 Å². The fraction of sp³-hybridized carbons (Fsp3) is 0.129. The first-order valence-corrected chi connectivity index (χ1v) is 23.2. The SMILES string of the molecule is Cc1cc(C)cc(-c2cccc(-c3cc(C)cc(C)c3)c2-c2[c-]c(-c3cccc4c3nc(-c3ccc5c(n3)-c3c(O)cccc3CC5)n4-c3c(C)cccc3C)cc3c2oc2ccccc23)c1.[Pt]. The summed E-state index contributed by atoms with van der Waals surface area (Å²) in [5.41, 5.74) is 24.5. The van der Waals surface area contributed by atoms with Crippen LogP contribution in [-0.4, -0.2) is 19.6 Å². The van der Waals surface area contributed by atoms with E-state index in [2.05, 4.69) is 186 Å². The fourth-order valence-electron chi connectivity index (χ4n) is 10.9. The van der Waals surface area contributed by atoms with Gasteiger partial charge < -0.3 is 9.52 Å². The molecule has 0 amide bonds. The molecule has 3 aromatic heterocycles. The number of benzene rings is 8. The summed E-state index contributed by atoms with van der Waals surface area (Å²) in [6.45, 7) is 13.0. The predicted octanol–water partition coefficient (Wildman–Crippen LogP) is 15.8. The van der Waals surface area contributed by atoms with E-state index in [1.165, 1.54) is 22.3 Å². The third kappa shape index (κ3) is 7.11. The number of phenols is 1. The molecule has 334 valence electrons. The summed E-state index contributed by atoms with van der Waals surface area (Å²) in [6.07, 6.45) is 1.72. The second-order valence-electron chi connectivity index (χ2n) is 18.6. The van der Waals surface area contributed by atoms with Crippen molar-refractivity contribution in [3.05, 3.63) is 202 Å². The van der Waals surface area contributed by atoms with Crippen LogP contribution >= 0.6 is 0 Å². The normalized spacial score (nSPS) is 12.1. The van der Waals surface area contributed by atoms with Crippen LogP contribution in [0.15, 0.2) is 156 Å². The molecule has 0 radical (unpaired) electrons. The molecule has 0 saturated carbocycles. The van der Waals surface area contributed by atoms with Crippen LogP contribution in [0.3, 0.4) is 0 Å². The van der Waals surface area contributed by atoms with Gasteiger partial charge >= 0.3 is 0 Å². The minimum Gasteiger partial charge on any atom is -0.507 e. The standard InChI is InChI=1S/C62H48N3O2.Pt/c1-35-27-36(2)30-43(29-35)46-17-11-18-47(44-31-37(3)28-38(4)32-44)57(46)51-34-45(33-50-49-16-7-8-22-55(49)67-61(50)51)48-19-12-20-53-59(48)64-62(65(53)60-39(5)13-9-14-40(60)6)52-26-25-42-24-23-41-15-10-21-54(66)56(41)58(42)63-52;/h7-22,25-33,66H,23-24H2,1-6H3;/q-1;. The van der Waals surface area contributed by atoms with E-state index in [-0.39, 0.29) is 26.8 Å². The van der Waals surface area contributed by atoms with Gasteiger partial charge in [0.1, 0.15) is 17.0 Å². The Labute approximate surface area is 411 Å². The molecule has 11 aromatic rings. The van der Waals surface area contributed by atoms with Gasteiger partial charge in [-0.3, -0.25) is 4.57 Å². The number of hydrogen-bond donors (Lipinski definition) is 1. The van der Waals surface area contributed by atoms with Crippen LogP contribution in [0.5, 0.6) is 5.75 Å². The van der Waals surface area contributed by atoms with Gasteiger partial charge in [-0.05, 0) is 129 Å². The van der Waals surface area contributed by atoms with Crippen LogP contribution in [-0.2, 0) is 33.9 Å². The number of aromatic hydroxyl groups is 1. The summed E-state index contributed by atoms with van der Waals surface area (Å²) in [4.78, 5) is 11.0. The zero-order chi connectivity index (χ0) is 45.7. The molecule has 0 spiro atoms. The molecule has 0 fully saturated rings. The maximum Gasteiger partial charge on any atom is 0.163 e. The molecule has 1 aliphatic rings. The second kappa shape index (κ2) is 16.8. The predicted molar refractivity (Wildman–Crippen MR) is 275 cm³/mol. The van der Waals surface area contributed by atoms with Crippen molar-refractivity contribution in [3.8, 4) is 78.7 Å². The van der Waals surface area contributed by atoms with Crippen molar-refractivity contribution in [3.63, 3.8) is 0 Å². The Balaban J connectivity index is 0.00000507. The molecule has 0 unspecified atom stereocenters. The van der Waals surface area contributed by atoms with Crippen LogP contribution in [0.1, 0.15) is 44.5 Å². The number of fused-ring (bicyclic) bond motifs is 7. The molecule has 8 aromatic carbocycles. The van der Waals surface area contributed by atoms with Crippen molar-refractivity contribution < 1.29 is 30.6 Å². The molecule has 0 saturated heterocycles. The van der Waals surface area contributed by atoms with Gasteiger partial charge in [-0.2, -0.15) is 0 Å². The van der Waals surface area contributed by atoms with Crippen LogP contribution in [0.4, 0.5) is 0 Å². The van der Waals surface area contributed by atoms with Crippen LogP contribution in [0.2, 0.25) is 0 Å². The van der Waals surface area contributed by atoms with Gasteiger partial charge in [0.25, 0.3) is 0 Å². The minimum absolute atomic E-state index is 0. The largest absolute Gasteiger partial charge is 0.507 e. The number of para-hydroxylation sites is 3. The van der Waals surface area contributed by atoms with E-state index in [9.17, 15) is 5.11 Å². The van der Waals surface area contributed by atoms with Gasteiger partial charge in [0.05, 0.1) is 28.0 Å². The number of hydrogen-bond acceptors (Lipinski definition) is 4. The van der Waals surface area contributed by atoms with Crippen LogP contribution in [0.25, 0.3) is 106 Å². The second-order valence-corrected chi connectivity index (χ2v) is 18.6. The van der Waals surface area contributed by atoms with Crippen molar-refractivity contribution >= 4 is 33.0 Å². The number of pyridine rings is 1. The molecule has 0 atom stereocenters. The summed E-state index contributed by atoms with van der Waals surface area (Å²) >= 11 is 0. The molecular weight excluding hydrogens is 1010 g/mol. The summed E-state index contributed by atoms with van der Waals surface area (Å²) in [6, 6.07) is 57.9. The van der Waals surface area contributed by atoms with Crippen molar-refractivity contribution in [2.24, 2.45) is 0 Å². The molecule has 68 heavy (non-hydrogen) atoms. The Morgan fingerprint density at radius 1 is 0.559 bits per heavy atom. The number of rotatable bonds is 6. The fourth-order valence-corrected chi connectivity index (χ4v) is 10.9. The molecule has 1 N–H and O–H groups in total. The summed E-state index contributed by atoms with van der Waals surface area (Å²) in [5, 5.41) is 13.3. The number of furan rings is 1.